The van der Waals surface area contributed by atoms with Crippen LogP contribution in [0, 0.1) is 5.41 Å². The van der Waals surface area contributed by atoms with E-state index < -0.39 is 16.9 Å². The van der Waals surface area contributed by atoms with Gasteiger partial charge in [0.15, 0.2) is 11.3 Å². The van der Waals surface area contributed by atoms with Gasteiger partial charge in [-0.05, 0) is 42.4 Å². The minimum atomic E-state index is -4.64. The van der Waals surface area contributed by atoms with Gasteiger partial charge in [-0.3, -0.25) is 4.98 Å². The number of nitrogens with zero attached hydrogens (tertiary/aromatic N) is 6. The van der Waals surface area contributed by atoms with Crippen molar-refractivity contribution in [2.45, 2.75) is 41.4 Å². The number of halogens is 4. The fourth-order valence-corrected chi connectivity index (χ4v) is 6.37. The molecule has 0 saturated carbocycles. The molecule has 2 aliphatic rings. The van der Waals surface area contributed by atoms with Crippen molar-refractivity contribution in [3.8, 4) is 0 Å². The smallest absolute Gasteiger partial charge is 0.342 e. The number of piperidine rings is 1. The fraction of sp³-hybridized carbons (Fsp3) is 0.348. The molecule has 0 amide bonds. The predicted octanol–water partition coefficient (Wildman–Crippen LogP) is 4.81. The van der Waals surface area contributed by atoms with Crippen LogP contribution in [0.4, 0.5) is 19.1 Å². The number of aromatic nitrogens is 6. The van der Waals surface area contributed by atoms with E-state index in [0.29, 0.717) is 17.2 Å². The summed E-state index contributed by atoms with van der Waals surface area (Å²) in [5.41, 5.74) is 8.66. The Morgan fingerprint density at radius 3 is 2.67 bits per heavy atom. The van der Waals surface area contributed by atoms with E-state index in [2.05, 4.69) is 40.9 Å². The molecule has 1 spiro atoms. The molecule has 0 bridgehead atoms. The van der Waals surface area contributed by atoms with Crippen LogP contribution >= 0.6 is 23.4 Å². The van der Waals surface area contributed by atoms with Crippen LogP contribution in [0.1, 0.15) is 35.7 Å². The van der Waals surface area contributed by atoms with Crippen LogP contribution in [0.3, 0.4) is 0 Å². The zero-order chi connectivity index (χ0) is 25.1. The molecule has 1 aliphatic heterocycles. The molecule has 3 N–H and O–H groups in total. The van der Waals surface area contributed by atoms with Crippen LogP contribution in [0.15, 0.2) is 46.7 Å². The summed E-state index contributed by atoms with van der Waals surface area (Å²) in [5.74, 6) is 0.632. The molecule has 6 rings (SSSR count). The SMILES string of the molecule is N[C@@H]1c2cccnc2CC12CCN(c1nc3nc(Sc4ccnc(Cl)c4C(F)(F)F)cnc3[nH]1)CC2. The number of imidazole rings is 1. The second-order valence-corrected chi connectivity index (χ2v) is 10.5. The van der Waals surface area contributed by atoms with Gasteiger partial charge in [0.2, 0.25) is 5.95 Å². The largest absolute Gasteiger partial charge is 0.420 e. The summed E-state index contributed by atoms with van der Waals surface area (Å²) in [4.78, 5) is 26.6. The average molecular weight is 533 g/mol. The molecular formula is C23H20ClF3N8S. The van der Waals surface area contributed by atoms with E-state index >= 15 is 0 Å². The highest BCUT2D eigenvalue weighted by molar-refractivity contribution is 7.99. The van der Waals surface area contributed by atoms with E-state index in [1.54, 1.807) is 0 Å². The van der Waals surface area contributed by atoms with Crippen molar-refractivity contribution in [3.63, 3.8) is 0 Å². The first-order valence-electron chi connectivity index (χ1n) is 11.3. The molecule has 1 aliphatic carbocycles. The summed E-state index contributed by atoms with van der Waals surface area (Å²) in [6.07, 6.45) is 2.48. The summed E-state index contributed by atoms with van der Waals surface area (Å²) >= 11 is 6.55. The van der Waals surface area contributed by atoms with Crippen LogP contribution < -0.4 is 10.6 Å². The molecule has 1 atom stereocenters. The van der Waals surface area contributed by atoms with Gasteiger partial charge < -0.3 is 15.6 Å². The van der Waals surface area contributed by atoms with Gasteiger partial charge in [-0.25, -0.2) is 15.0 Å². The highest BCUT2D eigenvalue weighted by atomic mass is 35.5. The molecule has 4 aromatic rings. The maximum absolute atomic E-state index is 13.5. The lowest BCUT2D eigenvalue weighted by atomic mass is 9.73. The van der Waals surface area contributed by atoms with Gasteiger partial charge in [-0.2, -0.15) is 18.2 Å². The van der Waals surface area contributed by atoms with Crippen molar-refractivity contribution in [1.82, 2.24) is 29.9 Å². The topological polar surface area (TPSA) is 110 Å². The summed E-state index contributed by atoms with van der Waals surface area (Å²) in [6.45, 7) is 1.52. The monoisotopic (exact) mass is 532 g/mol. The number of anilines is 1. The van der Waals surface area contributed by atoms with Crippen LogP contribution in [0.5, 0.6) is 0 Å². The minimum absolute atomic E-state index is 0.0124. The maximum Gasteiger partial charge on any atom is 0.420 e. The number of nitrogens with one attached hydrogen (secondary N) is 1. The number of fused-ring (bicyclic) bond motifs is 2. The number of nitrogens with two attached hydrogens (primary N) is 1. The number of aromatic amines is 1. The molecule has 4 aromatic heterocycles. The Hall–Kier alpha value is -2.96. The molecule has 13 heteroatoms. The van der Waals surface area contributed by atoms with Gasteiger partial charge in [0.1, 0.15) is 15.7 Å². The summed E-state index contributed by atoms with van der Waals surface area (Å²) in [7, 11) is 0. The van der Waals surface area contributed by atoms with Crippen molar-refractivity contribution in [3.05, 3.63) is 58.8 Å². The van der Waals surface area contributed by atoms with E-state index in [9.17, 15) is 13.2 Å². The zero-order valence-corrected chi connectivity index (χ0v) is 20.3. The third kappa shape index (κ3) is 3.97. The molecule has 0 unspecified atom stereocenters. The fourth-order valence-electron chi connectivity index (χ4n) is 5.14. The van der Waals surface area contributed by atoms with Crippen LogP contribution in [-0.2, 0) is 12.6 Å². The molecule has 1 saturated heterocycles. The third-order valence-corrected chi connectivity index (χ3v) is 8.29. The lowest BCUT2D eigenvalue weighted by molar-refractivity contribution is -0.139. The normalized spacial score (nSPS) is 19.2. The Labute approximate surface area is 212 Å². The first-order chi connectivity index (χ1) is 17.2. The van der Waals surface area contributed by atoms with E-state index in [4.69, 9.17) is 17.3 Å². The van der Waals surface area contributed by atoms with Gasteiger partial charge in [0.25, 0.3) is 0 Å². The molecular weight excluding hydrogens is 513 g/mol. The van der Waals surface area contributed by atoms with E-state index in [1.165, 1.54) is 18.5 Å². The average Bonchev–Trinajstić information content (AvgIpc) is 3.38. The molecule has 0 aromatic carbocycles. The standard InChI is InChI=1S/C23H20ClF3N8S/c24-18-16(23(25,26)27)14(3-7-30-18)36-15-11-31-19-20(32-15)34-21(33-19)35-8-4-22(5-9-35)10-13-12(17(22)28)2-1-6-29-13/h1-3,6-7,11,17H,4-5,8-10,28H2,(H,31,32,33,34)/t17-/m1/s1. The Bertz CT molecular complexity index is 1450. The Kier molecular flexibility index (Phi) is 5.58. The lowest BCUT2D eigenvalue weighted by Crippen LogP contribution is -2.44. The zero-order valence-electron chi connectivity index (χ0n) is 18.8. The summed E-state index contributed by atoms with van der Waals surface area (Å²) < 4.78 is 40.4. The van der Waals surface area contributed by atoms with Crippen LogP contribution in [-0.4, -0.2) is 43.0 Å². The third-order valence-electron chi connectivity index (χ3n) is 7.04. The minimum Gasteiger partial charge on any atom is -0.342 e. The second-order valence-electron chi connectivity index (χ2n) is 9.06. The Balaban J connectivity index is 1.20. The highest BCUT2D eigenvalue weighted by Gasteiger charge is 2.46. The quantitative estimate of drug-likeness (QED) is 0.362. The highest BCUT2D eigenvalue weighted by Crippen LogP contribution is 2.50. The molecule has 0 radical (unpaired) electrons. The van der Waals surface area contributed by atoms with Gasteiger partial charge in [0.05, 0.1) is 6.20 Å². The summed E-state index contributed by atoms with van der Waals surface area (Å²) in [6, 6.07) is 5.22. The number of hydrogen-bond donors (Lipinski definition) is 2. The van der Waals surface area contributed by atoms with Crippen LogP contribution in [0.25, 0.3) is 11.3 Å². The predicted molar refractivity (Wildman–Crippen MR) is 129 cm³/mol. The molecule has 36 heavy (non-hydrogen) atoms. The number of rotatable bonds is 3. The first-order valence-corrected chi connectivity index (χ1v) is 12.5. The first kappa shape index (κ1) is 23.4. The summed E-state index contributed by atoms with van der Waals surface area (Å²) in [5, 5.41) is -0.333. The molecule has 186 valence electrons. The van der Waals surface area contributed by atoms with Gasteiger partial charge in [-0.15, -0.1) is 0 Å². The van der Waals surface area contributed by atoms with Gasteiger partial charge >= 0.3 is 6.18 Å². The number of alkyl halides is 3. The van der Waals surface area contributed by atoms with Crippen molar-refractivity contribution in [2.75, 3.05) is 18.0 Å². The Morgan fingerprint density at radius 1 is 1.11 bits per heavy atom. The number of pyridine rings is 2. The number of hydrogen-bond acceptors (Lipinski definition) is 8. The van der Waals surface area contributed by atoms with Crippen molar-refractivity contribution < 1.29 is 13.2 Å². The van der Waals surface area contributed by atoms with Gasteiger partial charge in [0, 0.05) is 42.1 Å². The van der Waals surface area contributed by atoms with Crippen molar-refractivity contribution >= 4 is 40.6 Å². The van der Waals surface area contributed by atoms with E-state index in [0.717, 1.165) is 55.4 Å². The molecule has 1 fully saturated rings. The van der Waals surface area contributed by atoms with Crippen molar-refractivity contribution in [1.29, 1.82) is 0 Å². The van der Waals surface area contributed by atoms with Gasteiger partial charge in [-0.1, -0.05) is 29.4 Å². The lowest BCUT2D eigenvalue weighted by Gasteiger charge is -2.41. The van der Waals surface area contributed by atoms with Crippen LogP contribution in [0.2, 0.25) is 5.15 Å². The molecule has 8 nitrogen and oxygen atoms in total. The molecule has 5 heterocycles. The van der Waals surface area contributed by atoms with E-state index in [-0.39, 0.29) is 21.4 Å². The second kappa shape index (κ2) is 8.56. The maximum atomic E-state index is 13.5. The van der Waals surface area contributed by atoms with Crippen molar-refractivity contribution in [2.24, 2.45) is 11.1 Å². The number of H-pyrrole nitrogens is 1. The van der Waals surface area contributed by atoms with E-state index in [1.807, 2.05) is 12.3 Å². The Morgan fingerprint density at radius 2 is 1.92 bits per heavy atom.